The SMILES string of the molecule is O=C(CCN1CCN(C(=O)c2ccco2)CC1)Nc1ccccc1Oc1ccccc1. The van der Waals surface area contributed by atoms with Crippen molar-refractivity contribution in [1.82, 2.24) is 9.80 Å². The zero-order valence-electron chi connectivity index (χ0n) is 17.2. The molecule has 0 spiro atoms. The highest BCUT2D eigenvalue weighted by atomic mass is 16.5. The second-order valence-corrected chi connectivity index (χ2v) is 7.32. The standard InChI is InChI=1S/C24H25N3O4/c28-23(25-20-9-4-5-10-21(20)31-19-7-2-1-3-8-19)12-13-26-14-16-27(17-15-26)24(29)22-11-6-18-30-22/h1-11,18H,12-17H2,(H,25,28). The Balaban J connectivity index is 1.25. The smallest absolute Gasteiger partial charge is 0.289 e. The highest BCUT2D eigenvalue weighted by Gasteiger charge is 2.23. The van der Waals surface area contributed by atoms with Gasteiger partial charge in [0.15, 0.2) is 11.5 Å². The molecular weight excluding hydrogens is 394 g/mol. The molecule has 7 heteroatoms. The second-order valence-electron chi connectivity index (χ2n) is 7.32. The lowest BCUT2D eigenvalue weighted by atomic mass is 10.2. The summed E-state index contributed by atoms with van der Waals surface area (Å²) >= 11 is 0. The van der Waals surface area contributed by atoms with E-state index in [1.165, 1.54) is 6.26 Å². The number of carbonyl (C=O) groups is 2. The van der Waals surface area contributed by atoms with Gasteiger partial charge in [0.1, 0.15) is 5.75 Å². The summed E-state index contributed by atoms with van der Waals surface area (Å²) in [5.74, 6) is 1.53. The van der Waals surface area contributed by atoms with Crippen molar-refractivity contribution in [3.05, 3.63) is 78.8 Å². The van der Waals surface area contributed by atoms with Gasteiger partial charge in [0.2, 0.25) is 5.91 Å². The largest absolute Gasteiger partial charge is 0.459 e. The normalized spacial score (nSPS) is 14.3. The lowest BCUT2D eigenvalue weighted by molar-refractivity contribution is -0.116. The quantitative estimate of drug-likeness (QED) is 0.630. The highest BCUT2D eigenvalue weighted by molar-refractivity contribution is 5.92. The maximum absolute atomic E-state index is 12.5. The van der Waals surface area contributed by atoms with Crippen LogP contribution in [0.1, 0.15) is 17.0 Å². The van der Waals surface area contributed by atoms with Gasteiger partial charge >= 0.3 is 0 Å². The number of para-hydroxylation sites is 3. The Hall–Kier alpha value is -3.58. The van der Waals surface area contributed by atoms with Crippen LogP contribution in [0, 0.1) is 0 Å². The first-order valence-electron chi connectivity index (χ1n) is 10.4. The number of ether oxygens (including phenoxy) is 1. The number of anilines is 1. The minimum atomic E-state index is -0.0857. The van der Waals surface area contributed by atoms with Gasteiger partial charge in [-0.1, -0.05) is 30.3 Å². The Morgan fingerprint density at radius 3 is 2.39 bits per heavy atom. The van der Waals surface area contributed by atoms with Crippen molar-refractivity contribution >= 4 is 17.5 Å². The summed E-state index contributed by atoms with van der Waals surface area (Å²) < 4.78 is 11.1. The van der Waals surface area contributed by atoms with Crippen molar-refractivity contribution in [1.29, 1.82) is 0 Å². The first kappa shape index (κ1) is 20.7. The summed E-state index contributed by atoms with van der Waals surface area (Å²) in [5.41, 5.74) is 0.644. The summed E-state index contributed by atoms with van der Waals surface area (Å²) in [7, 11) is 0. The van der Waals surface area contributed by atoms with Crippen LogP contribution in [-0.4, -0.2) is 54.3 Å². The molecule has 0 unspecified atom stereocenters. The van der Waals surface area contributed by atoms with E-state index in [4.69, 9.17) is 9.15 Å². The Kier molecular flexibility index (Phi) is 6.64. The molecule has 4 rings (SSSR count). The lowest BCUT2D eigenvalue weighted by Crippen LogP contribution is -2.49. The van der Waals surface area contributed by atoms with Crippen LogP contribution in [0.3, 0.4) is 0 Å². The zero-order chi connectivity index (χ0) is 21.5. The number of piperazine rings is 1. The number of rotatable bonds is 7. The van der Waals surface area contributed by atoms with Gasteiger partial charge in [-0.15, -0.1) is 0 Å². The molecule has 160 valence electrons. The summed E-state index contributed by atoms with van der Waals surface area (Å²) in [6.45, 7) is 3.33. The average molecular weight is 419 g/mol. The third-order valence-corrected chi connectivity index (χ3v) is 5.18. The number of amides is 2. The van der Waals surface area contributed by atoms with Gasteiger partial charge in [-0.3, -0.25) is 14.5 Å². The Morgan fingerprint density at radius 2 is 1.65 bits per heavy atom. The van der Waals surface area contributed by atoms with E-state index in [1.807, 2.05) is 54.6 Å². The van der Waals surface area contributed by atoms with Crippen molar-refractivity contribution in [3.8, 4) is 11.5 Å². The number of nitrogens with zero attached hydrogens (tertiary/aromatic N) is 2. The van der Waals surface area contributed by atoms with E-state index in [2.05, 4.69) is 10.2 Å². The molecule has 2 aromatic carbocycles. The Bertz CT molecular complexity index is 997. The lowest BCUT2D eigenvalue weighted by Gasteiger charge is -2.34. The summed E-state index contributed by atoms with van der Waals surface area (Å²) in [6, 6.07) is 20.3. The first-order valence-corrected chi connectivity index (χ1v) is 10.4. The number of hydrogen-bond donors (Lipinski definition) is 1. The second kappa shape index (κ2) is 9.95. The minimum absolute atomic E-state index is 0.0711. The van der Waals surface area contributed by atoms with Gasteiger partial charge in [0.25, 0.3) is 5.91 Å². The van der Waals surface area contributed by atoms with E-state index in [0.29, 0.717) is 49.0 Å². The van der Waals surface area contributed by atoms with Crippen LogP contribution in [0.15, 0.2) is 77.4 Å². The highest BCUT2D eigenvalue weighted by Crippen LogP contribution is 2.29. The predicted octanol–water partition coefficient (Wildman–Crippen LogP) is 3.86. The molecule has 1 aromatic heterocycles. The van der Waals surface area contributed by atoms with Crippen molar-refractivity contribution in [2.24, 2.45) is 0 Å². The molecule has 0 radical (unpaired) electrons. The van der Waals surface area contributed by atoms with Gasteiger partial charge in [0, 0.05) is 39.1 Å². The maximum Gasteiger partial charge on any atom is 0.289 e. The molecule has 2 amide bonds. The Morgan fingerprint density at radius 1 is 0.903 bits per heavy atom. The van der Waals surface area contributed by atoms with Crippen LogP contribution in [-0.2, 0) is 4.79 Å². The van der Waals surface area contributed by atoms with Crippen molar-refractivity contribution in [3.63, 3.8) is 0 Å². The summed E-state index contributed by atoms with van der Waals surface area (Å²) in [6.07, 6.45) is 1.87. The Labute approximate surface area is 181 Å². The summed E-state index contributed by atoms with van der Waals surface area (Å²) in [5, 5.41) is 2.95. The molecule has 7 nitrogen and oxygen atoms in total. The van der Waals surface area contributed by atoms with Gasteiger partial charge in [-0.25, -0.2) is 0 Å². The van der Waals surface area contributed by atoms with E-state index in [0.717, 1.165) is 13.1 Å². The fourth-order valence-electron chi connectivity index (χ4n) is 3.48. The molecular formula is C24H25N3O4. The number of furan rings is 1. The van der Waals surface area contributed by atoms with Crippen LogP contribution in [0.4, 0.5) is 5.69 Å². The molecule has 1 saturated heterocycles. The molecule has 0 aliphatic carbocycles. The van der Waals surface area contributed by atoms with Gasteiger partial charge < -0.3 is 19.4 Å². The van der Waals surface area contributed by atoms with E-state index < -0.39 is 0 Å². The average Bonchev–Trinajstić information content (AvgIpc) is 3.35. The van der Waals surface area contributed by atoms with E-state index in [9.17, 15) is 9.59 Å². The first-order chi connectivity index (χ1) is 15.2. The molecule has 0 bridgehead atoms. The van der Waals surface area contributed by atoms with Gasteiger partial charge in [-0.2, -0.15) is 0 Å². The van der Waals surface area contributed by atoms with Gasteiger partial charge in [0.05, 0.1) is 12.0 Å². The third kappa shape index (κ3) is 5.52. The van der Waals surface area contributed by atoms with Crippen molar-refractivity contribution < 1.29 is 18.7 Å². The van der Waals surface area contributed by atoms with E-state index >= 15 is 0 Å². The summed E-state index contributed by atoms with van der Waals surface area (Å²) in [4.78, 5) is 28.8. The maximum atomic E-state index is 12.5. The van der Waals surface area contributed by atoms with E-state index in [-0.39, 0.29) is 11.8 Å². The topological polar surface area (TPSA) is 75.0 Å². The van der Waals surface area contributed by atoms with Gasteiger partial charge in [-0.05, 0) is 36.4 Å². The number of hydrogen-bond acceptors (Lipinski definition) is 5. The fraction of sp³-hybridized carbons (Fsp3) is 0.250. The minimum Gasteiger partial charge on any atom is -0.459 e. The molecule has 0 saturated carbocycles. The number of nitrogens with one attached hydrogen (secondary N) is 1. The van der Waals surface area contributed by atoms with Crippen LogP contribution in [0.2, 0.25) is 0 Å². The van der Waals surface area contributed by atoms with Crippen LogP contribution < -0.4 is 10.1 Å². The molecule has 3 aromatic rings. The monoisotopic (exact) mass is 419 g/mol. The molecule has 0 atom stereocenters. The molecule has 1 N–H and O–H groups in total. The predicted molar refractivity (Wildman–Crippen MR) is 117 cm³/mol. The fourth-order valence-corrected chi connectivity index (χ4v) is 3.48. The third-order valence-electron chi connectivity index (χ3n) is 5.18. The van der Waals surface area contributed by atoms with Crippen LogP contribution >= 0.6 is 0 Å². The molecule has 1 aliphatic rings. The number of benzene rings is 2. The van der Waals surface area contributed by atoms with E-state index in [1.54, 1.807) is 17.0 Å². The molecule has 2 heterocycles. The van der Waals surface area contributed by atoms with Crippen LogP contribution in [0.5, 0.6) is 11.5 Å². The molecule has 31 heavy (non-hydrogen) atoms. The molecule has 1 aliphatic heterocycles. The zero-order valence-corrected chi connectivity index (χ0v) is 17.2. The number of carbonyl (C=O) groups excluding carboxylic acids is 2. The van der Waals surface area contributed by atoms with Crippen LogP contribution in [0.25, 0.3) is 0 Å². The molecule has 1 fully saturated rings. The van der Waals surface area contributed by atoms with Crippen molar-refractivity contribution in [2.75, 3.05) is 38.0 Å². The van der Waals surface area contributed by atoms with Crippen molar-refractivity contribution in [2.45, 2.75) is 6.42 Å².